The third-order valence-corrected chi connectivity index (χ3v) is 3.62. The number of hydrogen-bond donors (Lipinski definition) is 2. The topological polar surface area (TPSA) is 73.7 Å². The second-order valence-electron chi connectivity index (χ2n) is 5.38. The minimum Gasteiger partial charge on any atom is -0.478 e. The van der Waals surface area contributed by atoms with Crippen LogP contribution in [0, 0.1) is 0 Å². The summed E-state index contributed by atoms with van der Waals surface area (Å²) >= 11 is 0. The van der Waals surface area contributed by atoms with Gasteiger partial charge >= 0.3 is 5.97 Å². The lowest BCUT2D eigenvalue weighted by atomic mass is 10.0. The largest absolute Gasteiger partial charge is 0.478 e. The molecule has 0 aliphatic rings. The molecule has 0 spiro atoms. The molecule has 2 N–H and O–H groups in total. The van der Waals surface area contributed by atoms with Gasteiger partial charge in [0.25, 0.3) is 0 Å². The fourth-order valence-corrected chi connectivity index (χ4v) is 2.01. The first-order chi connectivity index (χ1) is 9.38. The van der Waals surface area contributed by atoms with Crippen LogP contribution in [-0.2, 0) is 0 Å². The van der Waals surface area contributed by atoms with Gasteiger partial charge in [0.1, 0.15) is 5.82 Å². The maximum absolute atomic E-state index is 11.3. The summed E-state index contributed by atoms with van der Waals surface area (Å²) in [4.78, 5) is 17.4. The average Bonchev–Trinajstić information content (AvgIpc) is 2.45. The molecule has 0 saturated carbocycles. The van der Waals surface area contributed by atoms with E-state index in [0.29, 0.717) is 11.2 Å². The monoisotopic (exact) mass is 274 g/mol. The normalized spacial score (nSPS) is 11.6. The maximum Gasteiger partial charge on any atom is 0.337 e. The predicted octanol–water partition coefficient (Wildman–Crippen LogP) is 2.14. The van der Waals surface area contributed by atoms with Crippen molar-refractivity contribution in [1.29, 1.82) is 0 Å². The number of nitrogens with zero attached hydrogens (tertiary/aromatic N) is 2. The summed E-state index contributed by atoms with van der Waals surface area (Å²) < 4.78 is 0. The molecule has 0 unspecified atom stereocenters. The molecule has 106 valence electrons. The highest BCUT2D eigenvalue weighted by Crippen LogP contribution is 2.30. The summed E-state index contributed by atoms with van der Waals surface area (Å²) in [5.41, 5.74) is -0.305. The Kier molecular flexibility index (Phi) is 3.63. The van der Waals surface area contributed by atoms with E-state index in [-0.39, 0.29) is 12.2 Å². The van der Waals surface area contributed by atoms with Crippen LogP contribution in [0.25, 0.3) is 10.8 Å². The number of anilines is 1. The Bertz CT molecular complexity index is 653. The molecule has 0 atom stereocenters. The molecule has 2 rings (SSSR count). The van der Waals surface area contributed by atoms with E-state index in [1.165, 1.54) is 6.20 Å². The van der Waals surface area contributed by atoms with Crippen LogP contribution in [0.5, 0.6) is 0 Å². The molecular formula is C15H18N2O3. The molecule has 0 fully saturated rings. The Morgan fingerprint density at radius 2 is 1.90 bits per heavy atom. The summed E-state index contributed by atoms with van der Waals surface area (Å²) in [6.07, 6.45) is 1.37. The van der Waals surface area contributed by atoms with Crippen LogP contribution in [0.2, 0.25) is 0 Å². The summed E-state index contributed by atoms with van der Waals surface area (Å²) in [7, 11) is 1.84. The lowest BCUT2D eigenvalue weighted by molar-refractivity contribution is 0.0698. The number of aliphatic hydroxyl groups is 1. The fourth-order valence-electron chi connectivity index (χ4n) is 2.01. The van der Waals surface area contributed by atoms with E-state index in [2.05, 4.69) is 4.98 Å². The average molecular weight is 274 g/mol. The van der Waals surface area contributed by atoms with Gasteiger partial charge in [0.05, 0.1) is 17.7 Å². The highest BCUT2D eigenvalue weighted by molar-refractivity contribution is 6.06. The van der Waals surface area contributed by atoms with Crippen molar-refractivity contribution < 1.29 is 15.0 Å². The molecule has 0 bridgehead atoms. The first-order valence-electron chi connectivity index (χ1n) is 6.34. The molecule has 0 amide bonds. The zero-order valence-corrected chi connectivity index (χ0v) is 11.8. The Labute approximate surface area is 117 Å². The van der Waals surface area contributed by atoms with Crippen molar-refractivity contribution in [3.8, 4) is 0 Å². The van der Waals surface area contributed by atoms with Crippen LogP contribution in [0.1, 0.15) is 24.2 Å². The Hall–Kier alpha value is -2.14. The Morgan fingerprint density at radius 3 is 2.45 bits per heavy atom. The van der Waals surface area contributed by atoms with Gasteiger partial charge in [-0.25, -0.2) is 9.78 Å². The molecule has 20 heavy (non-hydrogen) atoms. The number of aromatic nitrogens is 1. The standard InChI is InChI=1S/C15H18N2O3/c1-15(2,9-18)17(3)13-11-7-5-4-6-10(11)12(8-16-13)14(19)20/h4-8,18H,9H2,1-3H3,(H,19,20). The van der Waals surface area contributed by atoms with Crippen molar-refractivity contribution in [2.75, 3.05) is 18.6 Å². The summed E-state index contributed by atoms with van der Waals surface area (Å²) in [5.74, 6) is -0.339. The molecule has 1 aromatic carbocycles. The first-order valence-corrected chi connectivity index (χ1v) is 6.34. The molecule has 1 heterocycles. The Balaban J connectivity index is 2.68. The second kappa shape index (κ2) is 5.09. The van der Waals surface area contributed by atoms with E-state index < -0.39 is 11.5 Å². The van der Waals surface area contributed by atoms with Crippen molar-refractivity contribution >= 4 is 22.6 Å². The van der Waals surface area contributed by atoms with Crippen molar-refractivity contribution in [2.24, 2.45) is 0 Å². The third-order valence-electron chi connectivity index (χ3n) is 3.62. The van der Waals surface area contributed by atoms with Crippen molar-refractivity contribution in [3.05, 3.63) is 36.0 Å². The van der Waals surface area contributed by atoms with Crippen molar-refractivity contribution in [2.45, 2.75) is 19.4 Å². The van der Waals surface area contributed by atoms with Gasteiger partial charge in [0.15, 0.2) is 0 Å². The highest BCUT2D eigenvalue weighted by Gasteiger charge is 2.25. The number of hydrogen-bond acceptors (Lipinski definition) is 4. The van der Waals surface area contributed by atoms with Gasteiger partial charge in [-0.3, -0.25) is 0 Å². The summed E-state index contributed by atoms with van der Waals surface area (Å²) in [6, 6.07) is 7.26. The van der Waals surface area contributed by atoms with E-state index in [9.17, 15) is 15.0 Å². The van der Waals surface area contributed by atoms with Gasteiger partial charge in [-0.15, -0.1) is 0 Å². The summed E-state index contributed by atoms with van der Waals surface area (Å²) in [5, 5.41) is 20.1. The van der Waals surface area contributed by atoms with Gasteiger partial charge < -0.3 is 15.1 Å². The first kappa shape index (κ1) is 14.3. The lowest BCUT2D eigenvalue weighted by Crippen LogP contribution is -2.45. The number of carboxylic acid groups (broad SMARTS) is 1. The van der Waals surface area contributed by atoms with Crippen LogP contribution in [0.4, 0.5) is 5.82 Å². The lowest BCUT2D eigenvalue weighted by Gasteiger charge is -2.35. The molecule has 0 radical (unpaired) electrons. The molecular weight excluding hydrogens is 256 g/mol. The zero-order valence-electron chi connectivity index (χ0n) is 11.8. The highest BCUT2D eigenvalue weighted by atomic mass is 16.4. The number of likely N-dealkylation sites (N-methyl/N-ethyl adjacent to an activating group) is 1. The minimum atomic E-state index is -0.996. The van der Waals surface area contributed by atoms with E-state index in [4.69, 9.17) is 0 Å². The number of carboxylic acids is 1. The number of aliphatic hydroxyl groups excluding tert-OH is 1. The zero-order chi connectivity index (χ0) is 14.9. The van der Waals surface area contributed by atoms with Crippen LogP contribution in [0.15, 0.2) is 30.5 Å². The molecule has 5 nitrogen and oxygen atoms in total. The smallest absolute Gasteiger partial charge is 0.337 e. The fraction of sp³-hybridized carbons (Fsp3) is 0.333. The maximum atomic E-state index is 11.3. The number of aromatic carboxylic acids is 1. The number of pyridine rings is 1. The number of benzene rings is 1. The molecule has 0 aliphatic carbocycles. The van der Waals surface area contributed by atoms with E-state index in [0.717, 1.165) is 5.39 Å². The van der Waals surface area contributed by atoms with E-state index in [1.54, 1.807) is 12.1 Å². The van der Waals surface area contributed by atoms with Gasteiger partial charge in [0, 0.05) is 24.0 Å². The molecule has 2 aromatic rings. The van der Waals surface area contributed by atoms with E-state index >= 15 is 0 Å². The number of rotatable bonds is 4. The molecule has 0 saturated heterocycles. The van der Waals surface area contributed by atoms with Crippen LogP contribution in [0.3, 0.4) is 0 Å². The summed E-state index contributed by atoms with van der Waals surface area (Å²) in [6.45, 7) is 3.77. The Morgan fingerprint density at radius 1 is 1.30 bits per heavy atom. The van der Waals surface area contributed by atoms with Gasteiger partial charge in [-0.2, -0.15) is 0 Å². The quantitative estimate of drug-likeness (QED) is 0.893. The SMILES string of the molecule is CN(c1ncc(C(=O)O)c2ccccc12)C(C)(C)CO. The van der Waals surface area contributed by atoms with Gasteiger partial charge in [-0.05, 0) is 13.8 Å². The van der Waals surface area contributed by atoms with Gasteiger partial charge in [-0.1, -0.05) is 24.3 Å². The molecule has 5 heteroatoms. The minimum absolute atomic E-state index is 0.0276. The van der Waals surface area contributed by atoms with Crippen molar-refractivity contribution in [1.82, 2.24) is 4.98 Å². The molecule has 0 aliphatic heterocycles. The van der Waals surface area contributed by atoms with Gasteiger partial charge in [0.2, 0.25) is 0 Å². The van der Waals surface area contributed by atoms with Crippen LogP contribution >= 0.6 is 0 Å². The van der Waals surface area contributed by atoms with Crippen LogP contribution < -0.4 is 4.90 Å². The third kappa shape index (κ3) is 2.32. The van der Waals surface area contributed by atoms with E-state index in [1.807, 2.05) is 37.9 Å². The molecule has 1 aromatic heterocycles. The number of fused-ring (bicyclic) bond motifs is 1. The van der Waals surface area contributed by atoms with Crippen molar-refractivity contribution in [3.63, 3.8) is 0 Å². The van der Waals surface area contributed by atoms with Crippen LogP contribution in [-0.4, -0.2) is 40.4 Å². The second-order valence-corrected chi connectivity index (χ2v) is 5.38. The predicted molar refractivity (Wildman–Crippen MR) is 78.3 cm³/mol. The number of carbonyl (C=O) groups is 1.